The molecule has 0 atom stereocenters. The van der Waals surface area contributed by atoms with E-state index in [4.69, 9.17) is 5.11 Å². The van der Waals surface area contributed by atoms with Crippen molar-refractivity contribution in [1.29, 1.82) is 0 Å². The molecule has 2 rings (SSSR count). The number of nitrogens with one attached hydrogen (secondary N) is 1. The number of aromatic nitrogens is 2. The topological polar surface area (TPSA) is 92.2 Å². The number of nitrogens with zero attached hydrogens (tertiary/aromatic N) is 2. The average Bonchev–Trinajstić information content (AvgIpc) is 2.89. The maximum atomic E-state index is 11.7. The molecule has 0 aliphatic carbocycles. The molecule has 0 spiro atoms. The van der Waals surface area contributed by atoms with Crippen molar-refractivity contribution in [2.45, 2.75) is 12.8 Å². The van der Waals surface area contributed by atoms with Gasteiger partial charge in [0.05, 0.1) is 11.4 Å². The molecule has 2 aromatic rings. The predicted molar refractivity (Wildman–Crippen MR) is 73.7 cm³/mol. The lowest BCUT2D eigenvalue weighted by atomic mass is 10.2. The van der Waals surface area contributed by atoms with Gasteiger partial charge in [-0.2, -0.15) is 0 Å². The molecule has 2 heterocycles. The Hall–Kier alpha value is -2.28. The minimum absolute atomic E-state index is 0.0479. The molecule has 0 aliphatic rings. The Balaban J connectivity index is 1.75. The summed E-state index contributed by atoms with van der Waals surface area (Å²) in [5.41, 5.74) is 0.902. The van der Waals surface area contributed by atoms with Gasteiger partial charge in [0.2, 0.25) is 5.91 Å². The van der Waals surface area contributed by atoms with E-state index in [-0.39, 0.29) is 18.0 Å². The first-order valence-electron chi connectivity index (χ1n) is 5.98. The lowest BCUT2D eigenvalue weighted by Crippen LogP contribution is -2.27. The van der Waals surface area contributed by atoms with Crippen molar-refractivity contribution in [1.82, 2.24) is 15.3 Å². The zero-order valence-electron chi connectivity index (χ0n) is 10.6. The fourth-order valence-electron chi connectivity index (χ4n) is 1.58. The number of carbonyl (C=O) groups is 2. The lowest BCUT2D eigenvalue weighted by molar-refractivity contribution is -0.120. The summed E-state index contributed by atoms with van der Waals surface area (Å²) in [4.78, 5) is 30.2. The number of thiazole rings is 1. The van der Waals surface area contributed by atoms with Gasteiger partial charge >= 0.3 is 5.97 Å². The fourth-order valence-corrected chi connectivity index (χ4v) is 2.36. The number of hydrogen-bond donors (Lipinski definition) is 2. The van der Waals surface area contributed by atoms with Gasteiger partial charge in [-0.1, -0.05) is 6.07 Å². The minimum atomic E-state index is -1.03. The van der Waals surface area contributed by atoms with Crippen LogP contribution in [0.25, 0.3) is 0 Å². The van der Waals surface area contributed by atoms with Crippen LogP contribution in [0.1, 0.15) is 21.1 Å². The number of pyridine rings is 1. The van der Waals surface area contributed by atoms with Crippen LogP contribution in [0.5, 0.6) is 0 Å². The van der Waals surface area contributed by atoms with E-state index in [0.717, 1.165) is 5.56 Å². The van der Waals surface area contributed by atoms with Crippen LogP contribution in [-0.4, -0.2) is 33.5 Å². The van der Waals surface area contributed by atoms with Gasteiger partial charge in [-0.25, -0.2) is 9.78 Å². The first-order chi connectivity index (χ1) is 9.65. The van der Waals surface area contributed by atoms with Crippen molar-refractivity contribution in [3.05, 3.63) is 46.2 Å². The molecule has 6 nitrogen and oxygen atoms in total. The number of carbonyl (C=O) groups excluding carboxylic acids is 1. The predicted octanol–water partition coefficient (Wildman–Crippen LogP) is 1.14. The molecule has 0 saturated heterocycles. The first kappa shape index (κ1) is 14.1. The fraction of sp³-hybridized carbons (Fsp3) is 0.231. The number of amides is 1. The Morgan fingerprint density at radius 3 is 2.90 bits per heavy atom. The van der Waals surface area contributed by atoms with Gasteiger partial charge in [0.25, 0.3) is 0 Å². The molecular formula is C13H13N3O3S. The van der Waals surface area contributed by atoms with E-state index >= 15 is 0 Å². The molecule has 0 aliphatic heterocycles. The van der Waals surface area contributed by atoms with E-state index in [2.05, 4.69) is 15.3 Å². The van der Waals surface area contributed by atoms with Crippen molar-refractivity contribution in [3.8, 4) is 0 Å². The highest BCUT2D eigenvalue weighted by Crippen LogP contribution is 2.09. The molecular weight excluding hydrogens is 278 g/mol. The zero-order chi connectivity index (χ0) is 14.4. The van der Waals surface area contributed by atoms with Gasteiger partial charge < -0.3 is 10.4 Å². The lowest BCUT2D eigenvalue weighted by Gasteiger charge is -2.03. The molecule has 0 saturated carbocycles. The third kappa shape index (κ3) is 4.13. The monoisotopic (exact) mass is 291 g/mol. The zero-order valence-corrected chi connectivity index (χ0v) is 11.4. The third-order valence-electron chi connectivity index (χ3n) is 2.52. The van der Waals surface area contributed by atoms with E-state index in [1.54, 1.807) is 18.5 Å². The Kier molecular flexibility index (Phi) is 4.78. The van der Waals surface area contributed by atoms with Crippen molar-refractivity contribution in [3.63, 3.8) is 0 Å². The highest BCUT2D eigenvalue weighted by molar-refractivity contribution is 7.09. The number of rotatable bonds is 6. The quantitative estimate of drug-likeness (QED) is 0.832. The van der Waals surface area contributed by atoms with Gasteiger partial charge in [0.1, 0.15) is 0 Å². The number of carboxylic acid groups (broad SMARTS) is 1. The molecule has 1 amide bonds. The molecule has 0 radical (unpaired) electrons. The summed E-state index contributed by atoms with van der Waals surface area (Å²) < 4.78 is 0. The Bertz CT molecular complexity index is 598. The maximum absolute atomic E-state index is 11.7. The molecule has 0 aromatic carbocycles. The van der Waals surface area contributed by atoms with E-state index in [1.807, 2.05) is 6.07 Å². The molecule has 0 bridgehead atoms. The summed E-state index contributed by atoms with van der Waals surface area (Å²) in [6.07, 6.45) is 4.12. The van der Waals surface area contributed by atoms with Gasteiger partial charge in [0, 0.05) is 30.7 Å². The second-order valence-corrected chi connectivity index (χ2v) is 5.01. The van der Waals surface area contributed by atoms with Gasteiger partial charge in [0.15, 0.2) is 5.69 Å². The van der Waals surface area contributed by atoms with Gasteiger partial charge in [-0.15, -0.1) is 11.3 Å². The first-order valence-corrected chi connectivity index (χ1v) is 6.86. The average molecular weight is 291 g/mol. The summed E-state index contributed by atoms with van der Waals surface area (Å²) in [6.45, 7) is 0.436. The SMILES string of the molecule is O=C(Cc1cccnc1)NCCc1nc(C(=O)O)cs1. The molecule has 2 N–H and O–H groups in total. The summed E-state index contributed by atoms with van der Waals surface area (Å²) in [7, 11) is 0. The van der Waals surface area contributed by atoms with E-state index in [0.29, 0.717) is 18.0 Å². The maximum Gasteiger partial charge on any atom is 0.355 e. The van der Waals surface area contributed by atoms with Crippen LogP contribution >= 0.6 is 11.3 Å². The van der Waals surface area contributed by atoms with E-state index in [9.17, 15) is 9.59 Å². The Morgan fingerprint density at radius 2 is 2.25 bits per heavy atom. The standard InChI is InChI=1S/C13H13N3O3S/c17-11(6-9-2-1-4-14-7-9)15-5-3-12-16-10(8-20-12)13(18)19/h1-2,4,7-8H,3,5-6H2,(H,15,17)(H,18,19). The summed E-state index contributed by atoms with van der Waals surface area (Å²) in [6, 6.07) is 3.62. The summed E-state index contributed by atoms with van der Waals surface area (Å²) in [5.74, 6) is -1.12. The Labute approximate surface area is 119 Å². The largest absolute Gasteiger partial charge is 0.476 e. The van der Waals surface area contributed by atoms with E-state index in [1.165, 1.54) is 16.7 Å². The second kappa shape index (κ2) is 6.76. The van der Waals surface area contributed by atoms with Crippen LogP contribution < -0.4 is 5.32 Å². The van der Waals surface area contributed by atoms with Gasteiger partial charge in [-0.05, 0) is 11.6 Å². The van der Waals surface area contributed by atoms with Crippen molar-refractivity contribution in [2.24, 2.45) is 0 Å². The van der Waals surface area contributed by atoms with Crippen molar-refractivity contribution in [2.75, 3.05) is 6.54 Å². The van der Waals surface area contributed by atoms with E-state index < -0.39 is 5.97 Å². The van der Waals surface area contributed by atoms with Crippen LogP contribution in [0.15, 0.2) is 29.9 Å². The van der Waals surface area contributed by atoms with Crippen LogP contribution in [-0.2, 0) is 17.6 Å². The second-order valence-electron chi connectivity index (χ2n) is 4.07. The minimum Gasteiger partial charge on any atom is -0.476 e. The van der Waals surface area contributed by atoms with Crippen LogP contribution in [0.4, 0.5) is 0 Å². The Morgan fingerprint density at radius 1 is 1.40 bits per heavy atom. The molecule has 7 heteroatoms. The van der Waals surface area contributed by atoms with Crippen molar-refractivity contribution >= 4 is 23.2 Å². The van der Waals surface area contributed by atoms with Crippen LogP contribution in [0.3, 0.4) is 0 Å². The molecule has 104 valence electrons. The van der Waals surface area contributed by atoms with Crippen LogP contribution in [0.2, 0.25) is 0 Å². The number of hydrogen-bond acceptors (Lipinski definition) is 5. The summed E-state index contributed by atoms with van der Waals surface area (Å²) in [5, 5.41) is 13.7. The van der Waals surface area contributed by atoms with Crippen LogP contribution in [0, 0.1) is 0 Å². The molecule has 0 unspecified atom stereocenters. The van der Waals surface area contributed by atoms with Gasteiger partial charge in [-0.3, -0.25) is 9.78 Å². The normalized spacial score (nSPS) is 10.2. The molecule has 2 aromatic heterocycles. The molecule has 0 fully saturated rings. The summed E-state index contributed by atoms with van der Waals surface area (Å²) >= 11 is 1.28. The number of carboxylic acids is 1. The number of aromatic carboxylic acids is 1. The van der Waals surface area contributed by atoms with Crippen molar-refractivity contribution < 1.29 is 14.7 Å². The third-order valence-corrected chi connectivity index (χ3v) is 3.43. The highest BCUT2D eigenvalue weighted by Gasteiger charge is 2.09. The molecule has 20 heavy (non-hydrogen) atoms. The smallest absolute Gasteiger partial charge is 0.355 e. The highest BCUT2D eigenvalue weighted by atomic mass is 32.1.